The molecule has 3 aromatic rings. The van der Waals surface area contributed by atoms with Gasteiger partial charge in [-0.25, -0.2) is 4.79 Å². The first-order chi connectivity index (χ1) is 19.2. The molecule has 0 aliphatic heterocycles. The largest absolute Gasteiger partial charge is 0.480 e. The summed E-state index contributed by atoms with van der Waals surface area (Å²) in [5, 5.41) is 18.6. The van der Waals surface area contributed by atoms with Crippen LogP contribution < -0.4 is 21.7 Å². The number of H-pyrrole nitrogens is 1. The van der Waals surface area contributed by atoms with Gasteiger partial charge in [0, 0.05) is 35.7 Å². The predicted octanol–water partition coefficient (Wildman–Crippen LogP) is 1.50. The van der Waals surface area contributed by atoms with E-state index in [4.69, 9.17) is 5.73 Å². The second-order valence-corrected chi connectivity index (χ2v) is 10.7. The lowest BCUT2D eigenvalue weighted by molar-refractivity contribution is -0.142. The quantitative estimate of drug-likeness (QED) is 0.133. The molecule has 3 rings (SSSR count). The van der Waals surface area contributed by atoms with Gasteiger partial charge in [0.15, 0.2) is 0 Å². The number of para-hydroxylation sites is 1. The van der Waals surface area contributed by atoms with Crippen molar-refractivity contribution in [2.24, 2.45) is 5.73 Å². The molecule has 4 atom stereocenters. The number of hydrogen-bond acceptors (Lipinski definition) is 7. The van der Waals surface area contributed by atoms with Crippen molar-refractivity contribution in [1.29, 1.82) is 0 Å². The number of nitrogens with one attached hydrogen (secondary N) is 4. The summed E-state index contributed by atoms with van der Waals surface area (Å²) in [5.41, 5.74) is 8.28. The second-order valence-electron chi connectivity index (χ2n) is 9.35. The molecule has 1 heterocycles. The summed E-state index contributed by atoms with van der Waals surface area (Å²) < 4.78 is 0. The molecule has 0 bridgehead atoms. The van der Waals surface area contributed by atoms with Crippen LogP contribution in [0.4, 0.5) is 0 Å². The second kappa shape index (κ2) is 15.3. The Morgan fingerprint density at radius 3 is 2.20 bits per heavy atom. The number of aliphatic carboxylic acids is 1. The molecule has 0 spiro atoms. The smallest absolute Gasteiger partial charge is 0.326 e. The summed E-state index contributed by atoms with van der Waals surface area (Å²) in [6.45, 7) is 0. The standard InChI is InChI=1S/C28H35N5O5S2/c1-40-12-11-20(29)25(34)33-24(16-39)27(36)31-22(13-17-7-3-2-4-8-17)26(35)32-23(28(37)38)14-18-15-30-21-10-6-5-9-19(18)21/h2-10,15,20,22-24,30,39H,11-14,16,29H2,1H3,(H,31,36)(H,32,35)(H,33,34)(H,37,38). The molecule has 0 radical (unpaired) electrons. The first-order valence-corrected chi connectivity index (χ1v) is 14.8. The molecule has 12 heteroatoms. The van der Waals surface area contributed by atoms with Crippen LogP contribution in [-0.2, 0) is 32.0 Å². The Hall–Kier alpha value is -3.48. The fourth-order valence-electron chi connectivity index (χ4n) is 4.17. The van der Waals surface area contributed by atoms with Crippen LogP contribution >= 0.6 is 24.4 Å². The lowest BCUT2D eigenvalue weighted by Crippen LogP contribution is -2.58. The molecule has 1 aromatic heterocycles. The maximum atomic E-state index is 13.4. The Morgan fingerprint density at radius 1 is 0.900 bits per heavy atom. The summed E-state index contributed by atoms with van der Waals surface area (Å²) in [6, 6.07) is 12.3. The number of aromatic amines is 1. The van der Waals surface area contributed by atoms with Crippen LogP contribution in [0.3, 0.4) is 0 Å². The van der Waals surface area contributed by atoms with E-state index >= 15 is 0 Å². The highest BCUT2D eigenvalue weighted by Gasteiger charge is 2.30. The van der Waals surface area contributed by atoms with Crippen LogP contribution in [0, 0.1) is 0 Å². The van der Waals surface area contributed by atoms with Gasteiger partial charge in [-0.15, -0.1) is 0 Å². The Kier molecular flexibility index (Phi) is 11.9. The van der Waals surface area contributed by atoms with Crippen LogP contribution in [0.5, 0.6) is 0 Å². The summed E-state index contributed by atoms with van der Waals surface area (Å²) in [7, 11) is 0. The van der Waals surface area contributed by atoms with E-state index in [1.54, 1.807) is 42.2 Å². The Balaban J connectivity index is 1.75. The number of hydrogen-bond donors (Lipinski definition) is 7. The maximum Gasteiger partial charge on any atom is 0.326 e. The number of rotatable bonds is 15. The molecule has 0 fully saturated rings. The molecule has 40 heavy (non-hydrogen) atoms. The fraction of sp³-hybridized carbons (Fsp3) is 0.357. The number of benzene rings is 2. The van der Waals surface area contributed by atoms with Gasteiger partial charge in [0.2, 0.25) is 17.7 Å². The van der Waals surface area contributed by atoms with Crippen LogP contribution in [0.15, 0.2) is 60.8 Å². The zero-order chi connectivity index (χ0) is 29.1. The SMILES string of the molecule is CSCCC(N)C(=O)NC(CS)C(=O)NC(Cc1ccccc1)C(=O)NC(Cc1c[nH]c2ccccc12)C(=O)O. The van der Waals surface area contributed by atoms with E-state index in [1.807, 2.05) is 36.6 Å². The van der Waals surface area contributed by atoms with E-state index in [1.165, 1.54) is 0 Å². The minimum atomic E-state index is -1.24. The number of thiol groups is 1. The van der Waals surface area contributed by atoms with Gasteiger partial charge in [0.25, 0.3) is 0 Å². The molecule has 7 N–H and O–H groups in total. The van der Waals surface area contributed by atoms with Crippen molar-refractivity contribution < 1.29 is 24.3 Å². The fourth-order valence-corrected chi connectivity index (χ4v) is 4.92. The molecule has 0 aliphatic rings. The molecule has 2 aromatic carbocycles. The van der Waals surface area contributed by atoms with E-state index in [-0.39, 0.29) is 18.6 Å². The van der Waals surface area contributed by atoms with Crippen molar-refractivity contribution >= 4 is 59.0 Å². The highest BCUT2D eigenvalue weighted by molar-refractivity contribution is 7.98. The molecule has 4 unspecified atom stereocenters. The maximum absolute atomic E-state index is 13.4. The number of nitrogens with two attached hydrogens (primary N) is 1. The number of carboxylic acids is 1. The lowest BCUT2D eigenvalue weighted by atomic mass is 10.0. The van der Waals surface area contributed by atoms with Crippen molar-refractivity contribution in [3.05, 3.63) is 71.9 Å². The van der Waals surface area contributed by atoms with Gasteiger partial charge in [-0.05, 0) is 35.6 Å². The molecule has 0 saturated heterocycles. The monoisotopic (exact) mass is 585 g/mol. The van der Waals surface area contributed by atoms with Crippen LogP contribution in [0.2, 0.25) is 0 Å². The third-order valence-electron chi connectivity index (χ3n) is 6.41. The highest BCUT2D eigenvalue weighted by Crippen LogP contribution is 2.19. The van der Waals surface area contributed by atoms with E-state index < -0.39 is 47.9 Å². The molecule has 3 amide bonds. The first kappa shape index (κ1) is 31.1. The molecular formula is C28H35N5O5S2. The summed E-state index contributed by atoms with van der Waals surface area (Å²) >= 11 is 5.76. The molecule has 0 saturated carbocycles. The van der Waals surface area contributed by atoms with E-state index in [9.17, 15) is 24.3 Å². The zero-order valence-corrected chi connectivity index (χ0v) is 23.8. The van der Waals surface area contributed by atoms with E-state index in [0.717, 1.165) is 22.0 Å². The third kappa shape index (κ3) is 8.77. The van der Waals surface area contributed by atoms with Gasteiger partial charge in [-0.2, -0.15) is 24.4 Å². The van der Waals surface area contributed by atoms with Crippen molar-refractivity contribution in [2.45, 2.75) is 43.4 Å². The van der Waals surface area contributed by atoms with Gasteiger partial charge < -0.3 is 31.8 Å². The van der Waals surface area contributed by atoms with Gasteiger partial charge in [-0.1, -0.05) is 48.5 Å². The minimum absolute atomic E-state index is 0.0230. The predicted molar refractivity (Wildman–Crippen MR) is 160 cm³/mol. The van der Waals surface area contributed by atoms with Crippen molar-refractivity contribution in [2.75, 3.05) is 17.8 Å². The highest BCUT2D eigenvalue weighted by atomic mass is 32.2. The molecule has 10 nitrogen and oxygen atoms in total. The van der Waals surface area contributed by atoms with Crippen LogP contribution in [-0.4, -0.2) is 75.7 Å². The molecule has 0 aliphatic carbocycles. The number of carbonyl (C=O) groups excluding carboxylic acids is 3. The summed E-state index contributed by atoms with van der Waals surface area (Å²) in [6.07, 6.45) is 4.22. The normalized spacial score (nSPS) is 14.1. The number of amides is 3. The Morgan fingerprint density at radius 2 is 1.52 bits per heavy atom. The number of carbonyl (C=O) groups is 4. The average molecular weight is 586 g/mol. The van der Waals surface area contributed by atoms with Crippen LogP contribution in [0.1, 0.15) is 17.5 Å². The number of carboxylic acid groups (broad SMARTS) is 1. The van der Waals surface area contributed by atoms with Crippen molar-refractivity contribution in [3.63, 3.8) is 0 Å². The number of fused-ring (bicyclic) bond motifs is 1. The summed E-state index contributed by atoms with van der Waals surface area (Å²) in [5.74, 6) is -2.31. The number of thioether (sulfide) groups is 1. The van der Waals surface area contributed by atoms with Crippen molar-refractivity contribution in [1.82, 2.24) is 20.9 Å². The first-order valence-electron chi connectivity index (χ1n) is 12.8. The van der Waals surface area contributed by atoms with Gasteiger partial charge in [0.1, 0.15) is 18.1 Å². The third-order valence-corrected chi connectivity index (χ3v) is 7.42. The Bertz CT molecular complexity index is 1300. The van der Waals surface area contributed by atoms with E-state index in [0.29, 0.717) is 12.2 Å². The van der Waals surface area contributed by atoms with Crippen molar-refractivity contribution in [3.8, 4) is 0 Å². The molecular weight excluding hydrogens is 550 g/mol. The lowest BCUT2D eigenvalue weighted by Gasteiger charge is -2.25. The van der Waals surface area contributed by atoms with Gasteiger partial charge in [-0.3, -0.25) is 14.4 Å². The summed E-state index contributed by atoms with van der Waals surface area (Å²) in [4.78, 5) is 54.3. The van der Waals surface area contributed by atoms with Crippen LogP contribution in [0.25, 0.3) is 10.9 Å². The zero-order valence-electron chi connectivity index (χ0n) is 22.1. The molecule has 214 valence electrons. The Labute approximate surface area is 242 Å². The topological polar surface area (TPSA) is 166 Å². The van der Waals surface area contributed by atoms with E-state index in [2.05, 4.69) is 33.6 Å². The van der Waals surface area contributed by atoms with Gasteiger partial charge in [0.05, 0.1) is 6.04 Å². The average Bonchev–Trinajstić information content (AvgIpc) is 3.36. The number of aromatic nitrogens is 1. The van der Waals surface area contributed by atoms with Gasteiger partial charge >= 0.3 is 5.97 Å². The minimum Gasteiger partial charge on any atom is -0.480 e.